The van der Waals surface area contributed by atoms with Gasteiger partial charge in [-0.25, -0.2) is 9.78 Å². The Balaban J connectivity index is 1.77. The van der Waals surface area contributed by atoms with Crippen molar-refractivity contribution < 1.29 is 9.53 Å². The number of nitrogens with one attached hydrogen (secondary N) is 1. The lowest BCUT2D eigenvalue weighted by Gasteiger charge is -2.06. The van der Waals surface area contributed by atoms with Crippen molar-refractivity contribution >= 4 is 11.9 Å². The predicted octanol–water partition coefficient (Wildman–Crippen LogP) is 7.11. The molecular formula is C22H38N2O2. The van der Waals surface area contributed by atoms with Crippen molar-refractivity contribution in [3.05, 3.63) is 24.4 Å². The highest BCUT2D eigenvalue weighted by molar-refractivity contribution is 5.83. The summed E-state index contributed by atoms with van der Waals surface area (Å²) in [6.07, 6.45) is 19.8. The van der Waals surface area contributed by atoms with Crippen LogP contribution in [0.3, 0.4) is 0 Å². The Morgan fingerprint density at radius 3 is 1.88 bits per heavy atom. The molecule has 26 heavy (non-hydrogen) atoms. The predicted molar refractivity (Wildman–Crippen MR) is 110 cm³/mol. The van der Waals surface area contributed by atoms with Crippen LogP contribution in [-0.4, -0.2) is 17.7 Å². The second kappa shape index (κ2) is 16.9. The molecule has 4 heteroatoms. The maximum absolute atomic E-state index is 11.6. The molecule has 1 heterocycles. The zero-order valence-electron chi connectivity index (χ0n) is 16.7. The van der Waals surface area contributed by atoms with Gasteiger partial charge in [0.1, 0.15) is 5.82 Å². The van der Waals surface area contributed by atoms with E-state index in [0.29, 0.717) is 12.4 Å². The van der Waals surface area contributed by atoms with Crippen molar-refractivity contribution in [1.82, 2.24) is 4.98 Å². The van der Waals surface area contributed by atoms with Crippen LogP contribution in [0.5, 0.6) is 0 Å². The van der Waals surface area contributed by atoms with E-state index in [9.17, 15) is 4.79 Å². The molecule has 0 aliphatic heterocycles. The smallest absolute Gasteiger partial charge is 0.412 e. The second-order valence-electron chi connectivity index (χ2n) is 7.07. The Morgan fingerprint density at radius 2 is 1.38 bits per heavy atom. The highest BCUT2D eigenvalue weighted by Crippen LogP contribution is 2.13. The average molecular weight is 363 g/mol. The van der Waals surface area contributed by atoms with Gasteiger partial charge in [0, 0.05) is 6.20 Å². The summed E-state index contributed by atoms with van der Waals surface area (Å²) >= 11 is 0. The quantitative estimate of drug-likeness (QED) is 0.319. The summed E-state index contributed by atoms with van der Waals surface area (Å²) in [6, 6.07) is 5.38. The Labute approximate surface area is 160 Å². The molecule has 0 aliphatic carbocycles. The van der Waals surface area contributed by atoms with E-state index in [-0.39, 0.29) is 0 Å². The first-order chi connectivity index (χ1) is 12.8. The number of ether oxygens (including phenoxy) is 1. The number of pyridine rings is 1. The zero-order chi connectivity index (χ0) is 18.7. The third-order valence-electron chi connectivity index (χ3n) is 4.63. The third-order valence-corrected chi connectivity index (χ3v) is 4.63. The molecular weight excluding hydrogens is 324 g/mol. The van der Waals surface area contributed by atoms with Gasteiger partial charge in [0.05, 0.1) is 6.61 Å². The van der Waals surface area contributed by atoms with Gasteiger partial charge in [-0.05, 0) is 18.6 Å². The van der Waals surface area contributed by atoms with Crippen LogP contribution in [0.2, 0.25) is 0 Å². The van der Waals surface area contributed by atoms with Crippen molar-refractivity contribution in [2.24, 2.45) is 0 Å². The molecule has 0 saturated carbocycles. The molecule has 1 aromatic rings. The molecule has 0 aromatic carbocycles. The third kappa shape index (κ3) is 13.7. The van der Waals surface area contributed by atoms with Gasteiger partial charge in [0.25, 0.3) is 0 Å². The maximum atomic E-state index is 11.6. The number of hydrogen-bond donors (Lipinski definition) is 1. The lowest BCUT2D eigenvalue weighted by atomic mass is 10.0. The summed E-state index contributed by atoms with van der Waals surface area (Å²) in [5.41, 5.74) is 0. The largest absolute Gasteiger partial charge is 0.449 e. The van der Waals surface area contributed by atoms with E-state index in [1.165, 1.54) is 77.0 Å². The fourth-order valence-corrected chi connectivity index (χ4v) is 3.04. The molecule has 0 atom stereocenters. The van der Waals surface area contributed by atoms with Crippen molar-refractivity contribution in [2.75, 3.05) is 11.9 Å². The van der Waals surface area contributed by atoms with Gasteiger partial charge in [-0.3, -0.25) is 5.32 Å². The summed E-state index contributed by atoms with van der Waals surface area (Å²) in [7, 11) is 0. The molecule has 1 rings (SSSR count). The van der Waals surface area contributed by atoms with Gasteiger partial charge in [-0.1, -0.05) is 96.5 Å². The summed E-state index contributed by atoms with van der Waals surface area (Å²) in [6.45, 7) is 2.75. The molecule has 4 nitrogen and oxygen atoms in total. The van der Waals surface area contributed by atoms with Gasteiger partial charge >= 0.3 is 6.09 Å². The van der Waals surface area contributed by atoms with E-state index in [1.807, 2.05) is 12.1 Å². The van der Waals surface area contributed by atoms with Crippen LogP contribution < -0.4 is 5.32 Å². The number of rotatable bonds is 16. The first-order valence-electron chi connectivity index (χ1n) is 10.7. The molecule has 1 aromatic heterocycles. The van der Waals surface area contributed by atoms with Crippen molar-refractivity contribution in [3.63, 3.8) is 0 Å². The summed E-state index contributed by atoms with van der Waals surface area (Å²) in [5.74, 6) is 0.526. The number of nitrogens with zero attached hydrogens (tertiary/aromatic N) is 1. The molecule has 0 bridgehead atoms. The monoisotopic (exact) mass is 362 g/mol. The Morgan fingerprint density at radius 1 is 0.846 bits per heavy atom. The van der Waals surface area contributed by atoms with Crippen LogP contribution >= 0.6 is 0 Å². The summed E-state index contributed by atoms with van der Waals surface area (Å²) < 4.78 is 5.16. The highest BCUT2D eigenvalue weighted by atomic mass is 16.5. The van der Waals surface area contributed by atoms with E-state index in [2.05, 4.69) is 17.2 Å². The topological polar surface area (TPSA) is 51.2 Å². The molecule has 0 radical (unpaired) electrons. The van der Waals surface area contributed by atoms with Gasteiger partial charge in [0.2, 0.25) is 0 Å². The Kier molecular flexibility index (Phi) is 14.6. The van der Waals surface area contributed by atoms with Crippen LogP contribution in [0.15, 0.2) is 24.4 Å². The lowest BCUT2D eigenvalue weighted by molar-refractivity contribution is 0.159. The number of carbonyl (C=O) groups excluding carboxylic acids is 1. The fraction of sp³-hybridized carbons (Fsp3) is 0.727. The first kappa shape index (κ1) is 22.5. The van der Waals surface area contributed by atoms with Crippen LogP contribution in [-0.2, 0) is 4.74 Å². The molecule has 1 N–H and O–H groups in total. The molecule has 0 unspecified atom stereocenters. The van der Waals surface area contributed by atoms with Gasteiger partial charge in [0.15, 0.2) is 0 Å². The maximum Gasteiger partial charge on any atom is 0.412 e. The second-order valence-corrected chi connectivity index (χ2v) is 7.07. The molecule has 0 aliphatic rings. The minimum atomic E-state index is -0.418. The van der Waals surface area contributed by atoms with Crippen LogP contribution in [0, 0.1) is 0 Å². The average Bonchev–Trinajstić information content (AvgIpc) is 2.65. The van der Waals surface area contributed by atoms with E-state index >= 15 is 0 Å². The van der Waals surface area contributed by atoms with E-state index in [4.69, 9.17) is 4.74 Å². The number of unbranched alkanes of at least 4 members (excludes halogenated alkanes) is 13. The van der Waals surface area contributed by atoms with Crippen LogP contribution in [0.4, 0.5) is 10.6 Å². The van der Waals surface area contributed by atoms with Crippen molar-refractivity contribution in [2.45, 2.75) is 96.8 Å². The number of aromatic nitrogens is 1. The Bertz CT molecular complexity index is 437. The van der Waals surface area contributed by atoms with Crippen LogP contribution in [0.1, 0.15) is 96.8 Å². The van der Waals surface area contributed by atoms with Crippen molar-refractivity contribution in [3.8, 4) is 0 Å². The minimum Gasteiger partial charge on any atom is -0.449 e. The minimum absolute atomic E-state index is 0.418. The van der Waals surface area contributed by atoms with Gasteiger partial charge in [-0.15, -0.1) is 0 Å². The molecule has 0 fully saturated rings. The SMILES string of the molecule is CCCCCCCCCCCCCCCCOC(=O)Nc1ccccn1. The highest BCUT2D eigenvalue weighted by Gasteiger charge is 2.02. The molecule has 148 valence electrons. The molecule has 0 spiro atoms. The lowest BCUT2D eigenvalue weighted by Crippen LogP contribution is -2.15. The number of anilines is 1. The summed E-state index contributed by atoms with van der Waals surface area (Å²) in [4.78, 5) is 15.6. The number of amides is 1. The van der Waals surface area contributed by atoms with Gasteiger partial charge < -0.3 is 4.74 Å². The van der Waals surface area contributed by atoms with E-state index in [0.717, 1.165) is 12.8 Å². The zero-order valence-corrected chi connectivity index (χ0v) is 16.7. The van der Waals surface area contributed by atoms with E-state index in [1.54, 1.807) is 12.3 Å². The normalized spacial score (nSPS) is 10.7. The first-order valence-corrected chi connectivity index (χ1v) is 10.7. The fourth-order valence-electron chi connectivity index (χ4n) is 3.04. The Hall–Kier alpha value is -1.58. The van der Waals surface area contributed by atoms with Crippen molar-refractivity contribution in [1.29, 1.82) is 0 Å². The molecule has 0 saturated heterocycles. The van der Waals surface area contributed by atoms with Gasteiger partial charge in [-0.2, -0.15) is 0 Å². The number of carbonyl (C=O) groups is 1. The molecule has 1 amide bonds. The van der Waals surface area contributed by atoms with Crippen LogP contribution in [0.25, 0.3) is 0 Å². The summed E-state index contributed by atoms with van der Waals surface area (Å²) in [5, 5.41) is 2.62. The standard InChI is InChI=1S/C22H38N2O2/c1-2-3-4-5-6-7-8-9-10-11-12-13-14-17-20-26-22(25)24-21-18-15-16-19-23-21/h15-16,18-19H,2-14,17,20H2,1H3,(H,23,24,25). The van der Waals surface area contributed by atoms with E-state index < -0.39 is 6.09 Å². The number of hydrogen-bond acceptors (Lipinski definition) is 3.